The number of rotatable bonds is 4. The molecule has 0 aliphatic rings. The Hall–Kier alpha value is -3.64. The summed E-state index contributed by atoms with van der Waals surface area (Å²) in [6.07, 6.45) is 4.24. The van der Waals surface area contributed by atoms with Crippen molar-refractivity contribution in [2.24, 2.45) is 0 Å². The van der Waals surface area contributed by atoms with Crippen molar-refractivity contribution in [2.45, 2.75) is 0 Å². The van der Waals surface area contributed by atoms with Gasteiger partial charge in [-0.3, -0.25) is 0 Å². The van der Waals surface area contributed by atoms with Gasteiger partial charge in [0.25, 0.3) is 0 Å². The summed E-state index contributed by atoms with van der Waals surface area (Å²) in [5.74, 6) is 0. The van der Waals surface area contributed by atoms with Gasteiger partial charge in [-0.15, -0.1) is 0 Å². The lowest BCUT2D eigenvalue weighted by Gasteiger charge is -2.04. The molecule has 0 nitrogen and oxygen atoms in total. The minimum absolute atomic E-state index is 1.08. The molecule has 28 heavy (non-hydrogen) atoms. The van der Waals surface area contributed by atoms with Gasteiger partial charge >= 0.3 is 0 Å². The van der Waals surface area contributed by atoms with Gasteiger partial charge in [-0.05, 0) is 27.8 Å². The van der Waals surface area contributed by atoms with Crippen LogP contribution in [0, 0.1) is 0 Å². The van der Waals surface area contributed by atoms with E-state index in [9.17, 15) is 0 Å². The van der Waals surface area contributed by atoms with Crippen molar-refractivity contribution in [2.75, 3.05) is 0 Å². The minimum atomic E-state index is 1.08. The Morgan fingerprint density at radius 3 is 1.04 bits per heavy atom. The second-order valence-corrected chi connectivity index (χ2v) is 6.37. The van der Waals surface area contributed by atoms with E-state index in [2.05, 4.69) is 67.3 Å². The van der Waals surface area contributed by atoms with Crippen molar-refractivity contribution in [1.29, 1.82) is 0 Å². The zero-order valence-electron chi connectivity index (χ0n) is 15.9. The van der Waals surface area contributed by atoms with Crippen molar-refractivity contribution in [3.8, 4) is 0 Å². The Labute approximate surface area is 168 Å². The molecule has 0 atom stereocenters. The van der Waals surface area contributed by atoms with Crippen LogP contribution in [0.1, 0.15) is 22.3 Å². The highest BCUT2D eigenvalue weighted by molar-refractivity contribution is 5.77. The van der Waals surface area contributed by atoms with Crippen molar-refractivity contribution in [3.63, 3.8) is 0 Å². The van der Waals surface area contributed by atoms with Crippen LogP contribution >= 0.6 is 0 Å². The fourth-order valence-corrected chi connectivity index (χ4v) is 2.77. The Kier molecular flexibility index (Phi) is 7.17. The average Bonchev–Trinajstić information content (AvgIpc) is 2.80. The topological polar surface area (TPSA) is 0 Å². The third kappa shape index (κ3) is 5.96. The van der Waals surface area contributed by atoms with Crippen LogP contribution in [-0.4, -0.2) is 0 Å². The predicted molar refractivity (Wildman–Crippen MR) is 123 cm³/mol. The molecule has 0 aliphatic carbocycles. The molecular formula is C28H24. The van der Waals surface area contributed by atoms with Gasteiger partial charge in [-0.2, -0.15) is 0 Å². The van der Waals surface area contributed by atoms with Crippen LogP contribution in [0.5, 0.6) is 0 Å². The molecular weight excluding hydrogens is 336 g/mol. The fourth-order valence-electron chi connectivity index (χ4n) is 2.77. The van der Waals surface area contributed by atoms with Crippen LogP contribution in [0.25, 0.3) is 17.7 Å². The molecule has 0 saturated heterocycles. The first-order valence-corrected chi connectivity index (χ1v) is 9.41. The van der Waals surface area contributed by atoms with Gasteiger partial charge < -0.3 is 0 Å². The van der Waals surface area contributed by atoms with Gasteiger partial charge in [0.05, 0.1) is 0 Å². The molecule has 4 aromatic carbocycles. The van der Waals surface area contributed by atoms with E-state index in [1.807, 2.05) is 72.8 Å². The summed E-state index contributed by atoms with van der Waals surface area (Å²) < 4.78 is 0. The van der Waals surface area contributed by atoms with Crippen LogP contribution in [-0.2, 0) is 0 Å². The van der Waals surface area contributed by atoms with Gasteiger partial charge in [-0.25, -0.2) is 0 Å². The Bertz CT molecular complexity index is 900. The van der Waals surface area contributed by atoms with Crippen LogP contribution < -0.4 is 0 Å². The highest BCUT2D eigenvalue weighted by atomic mass is 14.0. The van der Waals surface area contributed by atoms with Gasteiger partial charge in [0.15, 0.2) is 0 Å². The third-order valence-electron chi connectivity index (χ3n) is 4.31. The van der Waals surface area contributed by atoms with Gasteiger partial charge in [0, 0.05) is 0 Å². The zero-order chi connectivity index (χ0) is 19.4. The summed E-state index contributed by atoms with van der Waals surface area (Å²) >= 11 is 0. The van der Waals surface area contributed by atoms with Crippen molar-refractivity contribution >= 4 is 17.7 Å². The van der Waals surface area contributed by atoms with Crippen molar-refractivity contribution in [3.05, 3.63) is 150 Å². The normalized spacial score (nSPS) is 10.1. The van der Waals surface area contributed by atoms with Crippen molar-refractivity contribution < 1.29 is 0 Å². The molecule has 0 aliphatic heterocycles. The molecule has 0 aromatic heterocycles. The quantitative estimate of drug-likeness (QED) is 0.329. The van der Waals surface area contributed by atoms with Crippen LogP contribution in [0.2, 0.25) is 0 Å². The molecule has 0 heteroatoms. The molecule has 0 spiro atoms. The Balaban J connectivity index is 0.000000161. The Morgan fingerprint density at radius 2 is 0.714 bits per heavy atom. The molecule has 0 radical (unpaired) electrons. The smallest absolute Gasteiger partial charge is 0.0183 e. The van der Waals surface area contributed by atoms with Crippen LogP contribution in [0.3, 0.4) is 0 Å². The molecule has 0 saturated carbocycles. The highest BCUT2D eigenvalue weighted by Crippen LogP contribution is 2.20. The lowest BCUT2D eigenvalue weighted by Crippen LogP contribution is -1.84. The third-order valence-corrected chi connectivity index (χ3v) is 4.31. The molecule has 0 heterocycles. The van der Waals surface area contributed by atoms with Crippen LogP contribution in [0.15, 0.2) is 128 Å². The zero-order valence-corrected chi connectivity index (χ0v) is 15.9. The van der Waals surface area contributed by atoms with Gasteiger partial charge in [0.2, 0.25) is 0 Å². The highest BCUT2D eigenvalue weighted by Gasteiger charge is 1.99. The number of hydrogen-bond acceptors (Lipinski definition) is 0. The van der Waals surface area contributed by atoms with E-state index in [0.29, 0.717) is 0 Å². The molecule has 0 bridgehead atoms. The van der Waals surface area contributed by atoms with E-state index in [-0.39, 0.29) is 0 Å². The summed E-state index contributed by atoms with van der Waals surface area (Å²) in [6.45, 7) is 4.10. The van der Waals surface area contributed by atoms with E-state index in [1.54, 1.807) is 0 Å². The SMILES string of the molecule is C(=C\c1ccccc1)/c1ccccc1.C=C(c1ccccc1)c1ccccc1. The van der Waals surface area contributed by atoms with E-state index in [4.69, 9.17) is 0 Å². The largest absolute Gasteiger partial charge is 0.0906 e. The average molecular weight is 360 g/mol. The minimum Gasteiger partial charge on any atom is -0.0906 e. The molecule has 0 N–H and O–H groups in total. The first-order valence-electron chi connectivity index (χ1n) is 9.41. The van der Waals surface area contributed by atoms with E-state index >= 15 is 0 Å². The summed E-state index contributed by atoms with van der Waals surface area (Å²) in [7, 11) is 0. The molecule has 0 amide bonds. The summed E-state index contributed by atoms with van der Waals surface area (Å²) in [5, 5.41) is 0. The maximum atomic E-state index is 4.10. The molecule has 136 valence electrons. The van der Waals surface area contributed by atoms with E-state index < -0.39 is 0 Å². The number of hydrogen-bond donors (Lipinski definition) is 0. The molecule has 0 fully saturated rings. The molecule has 0 unspecified atom stereocenters. The first kappa shape index (κ1) is 19.1. The number of benzene rings is 4. The fraction of sp³-hybridized carbons (Fsp3) is 0. The predicted octanol–water partition coefficient (Wildman–Crippen LogP) is 7.61. The molecule has 4 aromatic rings. The van der Waals surface area contributed by atoms with Gasteiger partial charge in [0.1, 0.15) is 0 Å². The van der Waals surface area contributed by atoms with E-state index in [0.717, 1.165) is 5.57 Å². The van der Waals surface area contributed by atoms with E-state index in [1.165, 1.54) is 22.3 Å². The summed E-state index contributed by atoms with van der Waals surface area (Å²) in [5.41, 5.74) is 5.90. The Morgan fingerprint density at radius 1 is 0.429 bits per heavy atom. The van der Waals surface area contributed by atoms with Crippen molar-refractivity contribution in [1.82, 2.24) is 0 Å². The second-order valence-electron chi connectivity index (χ2n) is 6.37. The van der Waals surface area contributed by atoms with Crippen LogP contribution in [0.4, 0.5) is 0 Å². The monoisotopic (exact) mass is 360 g/mol. The maximum absolute atomic E-state index is 4.10. The first-order chi connectivity index (χ1) is 13.8. The standard InChI is InChI=1S/2C14H12/c1-12(13-8-4-2-5-9-13)14-10-6-3-7-11-14;1-3-7-13(8-4-1)11-12-14-9-5-2-6-10-14/h2-11H,1H2;1-12H/b;12-11+. The summed E-state index contributed by atoms with van der Waals surface area (Å²) in [4.78, 5) is 0. The van der Waals surface area contributed by atoms with Gasteiger partial charge in [-0.1, -0.05) is 140 Å². The summed E-state index contributed by atoms with van der Waals surface area (Å²) in [6, 6.07) is 41.1. The lowest BCUT2D eigenvalue weighted by atomic mass is 10.0. The molecule has 4 rings (SSSR count). The second kappa shape index (κ2) is 10.5. The maximum Gasteiger partial charge on any atom is -0.0183 e. The lowest BCUT2D eigenvalue weighted by molar-refractivity contribution is 1.56.